The van der Waals surface area contributed by atoms with Crippen LogP contribution in [0.4, 0.5) is 11.4 Å². The third-order valence-electron chi connectivity index (χ3n) is 5.88. The van der Waals surface area contributed by atoms with E-state index < -0.39 is 11.8 Å². The lowest BCUT2D eigenvalue weighted by molar-refractivity contribution is -0.140. The zero-order valence-electron chi connectivity index (χ0n) is 19.3. The topological polar surface area (TPSA) is 87.7 Å². The van der Waals surface area contributed by atoms with Crippen LogP contribution in [0, 0.1) is 0 Å². The molecule has 0 saturated heterocycles. The van der Waals surface area contributed by atoms with Crippen molar-refractivity contribution in [2.75, 3.05) is 10.6 Å². The minimum Gasteiger partial charge on any atom is -0.491 e. The molecule has 178 valence electrons. The zero-order valence-corrected chi connectivity index (χ0v) is 20.0. The number of benzene rings is 2. The number of nitrogens with one attached hydrogen (secondary N) is 2. The maximum absolute atomic E-state index is 13.0. The predicted octanol–water partition coefficient (Wildman–Crippen LogP) is 5.29. The molecule has 1 saturated carbocycles. The SMILES string of the molecule is CC(C)Oc1ccc(NC(=O)c2cccc(NC3=C(Cl)C(=O)N(C4CCCCC4)C3=O)c2)cc1. The Kier molecular flexibility index (Phi) is 7.22. The molecule has 0 aromatic heterocycles. The van der Waals surface area contributed by atoms with Crippen molar-refractivity contribution < 1.29 is 19.1 Å². The summed E-state index contributed by atoms with van der Waals surface area (Å²) in [5, 5.41) is 5.69. The summed E-state index contributed by atoms with van der Waals surface area (Å²) in [6.45, 7) is 3.89. The lowest BCUT2D eigenvalue weighted by Gasteiger charge is -2.29. The number of ether oxygens (including phenoxy) is 1. The van der Waals surface area contributed by atoms with Gasteiger partial charge in [0.25, 0.3) is 17.7 Å². The third kappa shape index (κ3) is 5.25. The molecule has 0 spiro atoms. The summed E-state index contributed by atoms with van der Waals surface area (Å²) < 4.78 is 5.62. The van der Waals surface area contributed by atoms with Crippen molar-refractivity contribution in [3.05, 3.63) is 64.8 Å². The summed E-state index contributed by atoms with van der Waals surface area (Å²) in [6.07, 6.45) is 4.77. The molecule has 0 radical (unpaired) electrons. The molecule has 1 heterocycles. The summed E-state index contributed by atoms with van der Waals surface area (Å²) in [5.41, 5.74) is 1.57. The number of hydrogen-bond donors (Lipinski definition) is 2. The van der Waals surface area contributed by atoms with Gasteiger partial charge in [-0.2, -0.15) is 0 Å². The van der Waals surface area contributed by atoms with Crippen molar-refractivity contribution in [2.24, 2.45) is 0 Å². The zero-order chi connectivity index (χ0) is 24.2. The van der Waals surface area contributed by atoms with Crippen LogP contribution < -0.4 is 15.4 Å². The highest BCUT2D eigenvalue weighted by Crippen LogP contribution is 2.32. The molecule has 1 aliphatic carbocycles. The molecule has 4 rings (SSSR count). The van der Waals surface area contributed by atoms with E-state index in [0.29, 0.717) is 16.9 Å². The van der Waals surface area contributed by atoms with Crippen LogP contribution >= 0.6 is 11.6 Å². The van der Waals surface area contributed by atoms with Gasteiger partial charge in [0.05, 0.1) is 6.10 Å². The van der Waals surface area contributed by atoms with Gasteiger partial charge in [-0.25, -0.2) is 0 Å². The Morgan fingerprint density at radius 2 is 1.71 bits per heavy atom. The number of halogens is 1. The van der Waals surface area contributed by atoms with E-state index in [1.807, 2.05) is 13.8 Å². The quantitative estimate of drug-likeness (QED) is 0.524. The number of nitrogens with zero attached hydrogens (tertiary/aromatic N) is 1. The van der Waals surface area contributed by atoms with E-state index in [0.717, 1.165) is 37.9 Å². The van der Waals surface area contributed by atoms with Crippen molar-refractivity contribution in [1.82, 2.24) is 4.90 Å². The minimum absolute atomic E-state index is 0.0514. The molecule has 0 atom stereocenters. The van der Waals surface area contributed by atoms with Crippen molar-refractivity contribution in [1.29, 1.82) is 0 Å². The summed E-state index contributed by atoms with van der Waals surface area (Å²) in [7, 11) is 0. The molecule has 8 heteroatoms. The number of rotatable bonds is 7. The van der Waals surface area contributed by atoms with Crippen molar-refractivity contribution in [2.45, 2.75) is 58.1 Å². The standard InChI is InChI=1S/C26H28ClN3O4/c1-16(2)34-21-13-11-18(12-14-21)29-24(31)17-7-6-8-19(15-17)28-23-22(27)25(32)30(26(23)33)20-9-4-3-5-10-20/h6-8,11-16,20,28H,3-5,9-10H2,1-2H3,(H,29,31). The van der Waals surface area contributed by atoms with E-state index in [1.54, 1.807) is 48.5 Å². The van der Waals surface area contributed by atoms with E-state index in [4.69, 9.17) is 16.3 Å². The number of carbonyl (C=O) groups excluding carboxylic acids is 3. The Bertz CT molecular complexity index is 1120. The maximum Gasteiger partial charge on any atom is 0.279 e. The second-order valence-corrected chi connectivity index (χ2v) is 9.19. The van der Waals surface area contributed by atoms with Gasteiger partial charge < -0.3 is 15.4 Å². The fourth-order valence-electron chi connectivity index (χ4n) is 4.27. The van der Waals surface area contributed by atoms with E-state index in [1.165, 1.54) is 4.90 Å². The number of hydrogen-bond acceptors (Lipinski definition) is 5. The smallest absolute Gasteiger partial charge is 0.279 e. The summed E-state index contributed by atoms with van der Waals surface area (Å²) in [6, 6.07) is 13.7. The largest absolute Gasteiger partial charge is 0.491 e. The molecule has 3 amide bonds. The third-order valence-corrected chi connectivity index (χ3v) is 6.23. The van der Waals surface area contributed by atoms with Crippen LogP contribution in [0.2, 0.25) is 0 Å². The Hall–Kier alpha value is -3.32. The molecule has 0 bridgehead atoms. The van der Waals surface area contributed by atoms with Crippen molar-refractivity contribution in [3.63, 3.8) is 0 Å². The van der Waals surface area contributed by atoms with Crippen LogP contribution in [-0.4, -0.2) is 34.8 Å². The Morgan fingerprint density at radius 1 is 1.00 bits per heavy atom. The fourth-order valence-corrected chi connectivity index (χ4v) is 4.49. The summed E-state index contributed by atoms with van der Waals surface area (Å²) in [4.78, 5) is 39.7. The van der Waals surface area contributed by atoms with Crippen molar-refractivity contribution in [3.8, 4) is 5.75 Å². The number of carbonyl (C=O) groups is 3. The molecule has 2 aromatic rings. The minimum atomic E-state index is -0.458. The molecule has 0 unspecified atom stereocenters. The van der Waals surface area contributed by atoms with Crippen LogP contribution in [0.1, 0.15) is 56.3 Å². The van der Waals surface area contributed by atoms with Gasteiger partial charge in [-0.1, -0.05) is 36.9 Å². The molecule has 2 aromatic carbocycles. The van der Waals surface area contributed by atoms with E-state index in [-0.39, 0.29) is 28.8 Å². The van der Waals surface area contributed by atoms with Gasteiger partial charge in [-0.05, 0) is 69.2 Å². The molecular formula is C26H28ClN3O4. The van der Waals surface area contributed by atoms with Gasteiger partial charge in [-0.15, -0.1) is 0 Å². The normalized spacial score (nSPS) is 16.9. The van der Waals surface area contributed by atoms with E-state index in [2.05, 4.69) is 10.6 Å². The fraction of sp³-hybridized carbons (Fsp3) is 0.346. The average molecular weight is 482 g/mol. The van der Waals surface area contributed by atoms with Gasteiger partial charge in [0.2, 0.25) is 0 Å². The second-order valence-electron chi connectivity index (χ2n) is 8.81. The highest BCUT2D eigenvalue weighted by Gasteiger charge is 2.42. The van der Waals surface area contributed by atoms with Crippen LogP contribution in [-0.2, 0) is 9.59 Å². The molecule has 34 heavy (non-hydrogen) atoms. The lowest BCUT2D eigenvalue weighted by Crippen LogP contribution is -2.42. The first kappa shape index (κ1) is 23.8. The first-order valence-corrected chi connectivity index (χ1v) is 11.9. The molecule has 7 nitrogen and oxygen atoms in total. The monoisotopic (exact) mass is 481 g/mol. The number of imide groups is 1. The van der Waals surface area contributed by atoms with Gasteiger partial charge in [-0.3, -0.25) is 19.3 Å². The van der Waals surface area contributed by atoms with Gasteiger partial charge in [0.1, 0.15) is 16.5 Å². The van der Waals surface area contributed by atoms with Crippen molar-refractivity contribution >= 4 is 40.7 Å². The number of amides is 3. The highest BCUT2D eigenvalue weighted by molar-refractivity contribution is 6.48. The van der Waals surface area contributed by atoms with Gasteiger partial charge >= 0.3 is 0 Å². The van der Waals surface area contributed by atoms with E-state index >= 15 is 0 Å². The molecule has 2 N–H and O–H groups in total. The van der Waals surface area contributed by atoms with Gasteiger partial charge in [0.15, 0.2) is 0 Å². The summed E-state index contributed by atoms with van der Waals surface area (Å²) >= 11 is 6.26. The highest BCUT2D eigenvalue weighted by atomic mass is 35.5. The Labute approximate surface area is 204 Å². The Balaban J connectivity index is 1.44. The van der Waals surface area contributed by atoms with Crippen LogP contribution in [0.3, 0.4) is 0 Å². The molecular weight excluding hydrogens is 454 g/mol. The average Bonchev–Trinajstić information content (AvgIpc) is 3.04. The number of anilines is 2. The molecule has 1 fully saturated rings. The van der Waals surface area contributed by atoms with Crippen LogP contribution in [0.5, 0.6) is 5.75 Å². The van der Waals surface area contributed by atoms with E-state index in [9.17, 15) is 14.4 Å². The summed E-state index contributed by atoms with van der Waals surface area (Å²) in [5.74, 6) is -0.457. The maximum atomic E-state index is 13.0. The van der Waals surface area contributed by atoms with Crippen LogP contribution in [0.15, 0.2) is 59.3 Å². The van der Waals surface area contributed by atoms with Gasteiger partial charge in [0, 0.05) is 23.0 Å². The Morgan fingerprint density at radius 3 is 2.38 bits per heavy atom. The first-order chi connectivity index (χ1) is 16.3. The molecule has 1 aliphatic heterocycles. The van der Waals surface area contributed by atoms with Crippen LogP contribution in [0.25, 0.3) is 0 Å². The molecule has 2 aliphatic rings. The first-order valence-electron chi connectivity index (χ1n) is 11.6. The second kappa shape index (κ2) is 10.3. The lowest BCUT2D eigenvalue weighted by atomic mass is 9.94. The predicted molar refractivity (Wildman–Crippen MR) is 132 cm³/mol.